The monoisotopic (exact) mass is 218 g/mol. The highest BCUT2D eigenvalue weighted by Gasteiger charge is 2.30. The van der Waals surface area contributed by atoms with Crippen LogP contribution in [0.4, 0.5) is 5.69 Å². The molecule has 0 radical (unpaired) electrons. The zero-order valence-corrected chi connectivity index (χ0v) is 10.0. The molecule has 1 aliphatic heterocycles. The molecule has 1 amide bonds. The van der Waals surface area contributed by atoms with Crippen molar-refractivity contribution in [3.8, 4) is 0 Å². The normalized spacial score (nSPS) is 19.4. The molecule has 0 bridgehead atoms. The standard InChI is InChI=1S/C13H18N2O/c1-13(2,3)8-14-11-9-6-4-5-7-10(9)15-12(11)16/h4-7,11,14H,8H2,1-3H3,(H,15,16). The van der Waals surface area contributed by atoms with E-state index in [0.29, 0.717) is 0 Å². The van der Waals surface area contributed by atoms with E-state index < -0.39 is 0 Å². The van der Waals surface area contributed by atoms with Crippen LogP contribution in [-0.2, 0) is 4.79 Å². The van der Waals surface area contributed by atoms with Gasteiger partial charge in [-0.15, -0.1) is 0 Å². The van der Waals surface area contributed by atoms with Crippen LogP contribution in [0.1, 0.15) is 32.4 Å². The summed E-state index contributed by atoms with van der Waals surface area (Å²) in [5.41, 5.74) is 2.16. The molecular formula is C13H18N2O. The molecule has 1 aromatic carbocycles. The fourth-order valence-electron chi connectivity index (χ4n) is 1.82. The minimum absolute atomic E-state index is 0.0467. The lowest BCUT2D eigenvalue weighted by atomic mass is 9.96. The Morgan fingerprint density at radius 2 is 2.00 bits per heavy atom. The molecule has 1 heterocycles. The van der Waals surface area contributed by atoms with Crippen molar-refractivity contribution >= 4 is 11.6 Å². The first-order chi connectivity index (χ1) is 7.47. The van der Waals surface area contributed by atoms with Gasteiger partial charge in [-0.3, -0.25) is 4.79 Å². The number of rotatable bonds is 2. The minimum atomic E-state index is -0.199. The predicted octanol–water partition coefficient (Wildman–Crippen LogP) is 2.32. The van der Waals surface area contributed by atoms with Crippen LogP contribution in [0.15, 0.2) is 24.3 Å². The van der Waals surface area contributed by atoms with Crippen molar-refractivity contribution in [2.24, 2.45) is 5.41 Å². The van der Waals surface area contributed by atoms with Crippen molar-refractivity contribution < 1.29 is 4.79 Å². The second-order valence-electron chi connectivity index (χ2n) is 5.45. The van der Waals surface area contributed by atoms with Crippen LogP contribution < -0.4 is 10.6 Å². The number of hydrogen-bond acceptors (Lipinski definition) is 2. The Morgan fingerprint density at radius 1 is 1.31 bits per heavy atom. The van der Waals surface area contributed by atoms with E-state index in [2.05, 4.69) is 31.4 Å². The third-order valence-electron chi connectivity index (χ3n) is 2.63. The van der Waals surface area contributed by atoms with Crippen molar-refractivity contribution in [2.75, 3.05) is 11.9 Å². The fourth-order valence-corrected chi connectivity index (χ4v) is 1.82. The molecule has 1 aromatic rings. The van der Waals surface area contributed by atoms with E-state index in [4.69, 9.17) is 0 Å². The average Bonchev–Trinajstić information content (AvgIpc) is 2.49. The van der Waals surface area contributed by atoms with E-state index in [9.17, 15) is 4.79 Å². The van der Waals surface area contributed by atoms with Gasteiger partial charge in [-0.1, -0.05) is 39.0 Å². The SMILES string of the molecule is CC(C)(C)CNC1C(=O)Nc2ccccc21. The molecule has 0 aliphatic carbocycles. The lowest BCUT2D eigenvalue weighted by Crippen LogP contribution is -2.34. The largest absolute Gasteiger partial charge is 0.324 e. The van der Waals surface area contributed by atoms with Gasteiger partial charge in [0.15, 0.2) is 0 Å². The van der Waals surface area contributed by atoms with Gasteiger partial charge in [-0.05, 0) is 11.5 Å². The van der Waals surface area contributed by atoms with Crippen molar-refractivity contribution in [3.05, 3.63) is 29.8 Å². The summed E-state index contributed by atoms with van der Waals surface area (Å²) in [4.78, 5) is 11.8. The van der Waals surface area contributed by atoms with Crippen molar-refractivity contribution in [3.63, 3.8) is 0 Å². The van der Waals surface area contributed by atoms with Gasteiger partial charge < -0.3 is 10.6 Å². The summed E-state index contributed by atoms with van der Waals surface area (Å²) in [5, 5.41) is 6.20. The number of anilines is 1. The van der Waals surface area contributed by atoms with E-state index in [1.54, 1.807) is 0 Å². The Bertz CT molecular complexity index is 407. The third kappa shape index (κ3) is 2.25. The number of fused-ring (bicyclic) bond motifs is 1. The second kappa shape index (κ2) is 3.91. The second-order valence-corrected chi connectivity index (χ2v) is 5.45. The summed E-state index contributed by atoms with van der Waals surface area (Å²) in [6.07, 6.45) is 0. The van der Waals surface area contributed by atoms with Gasteiger partial charge >= 0.3 is 0 Å². The highest BCUT2D eigenvalue weighted by atomic mass is 16.2. The number of hydrogen-bond donors (Lipinski definition) is 2. The molecule has 0 saturated heterocycles. The van der Waals surface area contributed by atoms with Crippen LogP contribution >= 0.6 is 0 Å². The number of carbonyl (C=O) groups is 1. The molecule has 0 saturated carbocycles. The van der Waals surface area contributed by atoms with Gasteiger partial charge in [0, 0.05) is 17.8 Å². The van der Waals surface area contributed by atoms with Gasteiger partial charge in [-0.25, -0.2) is 0 Å². The maximum Gasteiger partial charge on any atom is 0.246 e. The molecule has 0 fully saturated rings. The highest BCUT2D eigenvalue weighted by Crippen LogP contribution is 2.30. The molecule has 86 valence electrons. The topological polar surface area (TPSA) is 41.1 Å². The fraction of sp³-hybridized carbons (Fsp3) is 0.462. The number of carbonyl (C=O) groups excluding carboxylic acids is 1. The lowest BCUT2D eigenvalue weighted by Gasteiger charge is -2.21. The highest BCUT2D eigenvalue weighted by molar-refractivity contribution is 6.02. The van der Waals surface area contributed by atoms with E-state index >= 15 is 0 Å². The quantitative estimate of drug-likeness (QED) is 0.799. The van der Waals surface area contributed by atoms with E-state index in [1.807, 2.05) is 24.3 Å². The Labute approximate surface area is 96.2 Å². The van der Waals surface area contributed by atoms with Gasteiger partial charge in [0.05, 0.1) is 0 Å². The molecule has 2 rings (SSSR count). The van der Waals surface area contributed by atoms with Crippen LogP contribution in [-0.4, -0.2) is 12.5 Å². The Balaban J connectivity index is 2.14. The Hall–Kier alpha value is -1.35. The maximum atomic E-state index is 11.8. The van der Waals surface area contributed by atoms with Crippen molar-refractivity contribution in [1.29, 1.82) is 0 Å². The molecule has 3 nitrogen and oxygen atoms in total. The molecule has 16 heavy (non-hydrogen) atoms. The summed E-state index contributed by atoms with van der Waals surface area (Å²) in [6, 6.07) is 7.63. The predicted molar refractivity (Wildman–Crippen MR) is 65.3 cm³/mol. The molecule has 1 atom stereocenters. The first kappa shape index (κ1) is 11.1. The summed E-state index contributed by atoms with van der Waals surface area (Å²) in [6.45, 7) is 7.27. The van der Waals surface area contributed by atoms with Crippen LogP contribution in [0.5, 0.6) is 0 Å². The third-order valence-corrected chi connectivity index (χ3v) is 2.63. The number of benzene rings is 1. The van der Waals surface area contributed by atoms with E-state index in [-0.39, 0.29) is 17.4 Å². The Morgan fingerprint density at radius 3 is 2.69 bits per heavy atom. The zero-order chi connectivity index (χ0) is 11.8. The molecular weight excluding hydrogens is 200 g/mol. The molecule has 1 aliphatic rings. The van der Waals surface area contributed by atoms with Crippen LogP contribution in [0.2, 0.25) is 0 Å². The molecule has 0 spiro atoms. The summed E-state index contributed by atoms with van der Waals surface area (Å²) in [5.74, 6) is 0.0467. The van der Waals surface area contributed by atoms with Crippen molar-refractivity contribution in [1.82, 2.24) is 5.32 Å². The number of para-hydroxylation sites is 1. The molecule has 2 N–H and O–H groups in total. The Kier molecular flexibility index (Phi) is 2.72. The van der Waals surface area contributed by atoms with Crippen LogP contribution in [0.25, 0.3) is 0 Å². The summed E-state index contributed by atoms with van der Waals surface area (Å²) in [7, 11) is 0. The molecule has 3 heteroatoms. The van der Waals surface area contributed by atoms with Gasteiger partial charge in [-0.2, -0.15) is 0 Å². The van der Waals surface area contributed by atoms with Gasteiger partial charge in [0.1, 0.15) is 6.04 Å². The lowest BCUT2D eigenvalue weighted by molar-refractivity contribution is -0.117. The maximum absolute atomic E-state index is 11.8. The van der Waals surface area contributed by atoms with Gasteiger partial charge in [0.25, 0.3) is 0 Å². The first-order valence-electron chi connectivity index (χ1n) is 5.60. The number of nitrogens with one attached hydrogen (secondary N) is 2. The number of amides is 1. The van der Waals surface area contributed by atoms with Crippen LogP contribution in [0.3, 0.4) is 0 Å². The van der Waals surface area contributed by atoms with Gasteiger partial charge in [0.2, 0.25) is 5.91 Å². The smallest absolute Gasteiger partial charge is 0.246 e. The van der Waals surface area contributed by atoms with Crippen LogP contribution in [0, 0.1) is 5.41 Å². The zero-order valence-electron chi connectivity index (χ0n) is 10.0. The van der Waals surface area contributed by atoms with Crippen molar-refractivity contribution in [2.45, 2.75) is 26.8 Å². The first-order valence-corrected chi connectivity index (χ1v) is 5.60. The summed E-state index contributed by atoms with van der Waals surface area (Å²) < 4.78 is 0. The summed E-state index contributed by atoms with van der Waals surface area (Å²) >= 11 is 0. The minimum Gasteiger partial charge on any atom is -0.324 e. The van der Waals surface area contributed by atoms with E-state index in [1.165, 1.54) is 0 Å². The average molecular weight is 218 g/mol. The molecule has 1 unspecified atom stereocenters. The molecule has 0 aromatic heterocycles. The van der Waals surface area contributed by atoms with E-state index in [0.717, 1.165) is 17.8 Å².